The lowest BCUT2D eigenvalue weighted by molar-refractivity contribution is 0.162. The normalized spacial score (nSPS) is 16.7. The van der Waals surface area contributed by atoms with E-state index in [1.807, 2.05) is 6.08 Å². The fourth-order valence-electron chi connectivity index (χ4n) is 1.68. The van der Waals surface area contributed by atoms with E-state index in [4.69, 9.17) is 0 Å². The second-order valence-corrected chi connectivity index (χ2v) is 10.2. The van der Waals surface area contributed by atoms with Gasteiger partial charge in [-0.1, -0.05) is 45.5 Å². The SMILES string of the molecule is C=CC(C(O)CCCC)[Si](C)(C)C. The number of aliphatic hydroxyl groups is 1. The van der Waals surface area contributed by atoms with Crippen molar-refractivity contribution in [1.29, 1.82) is 0 Å². The summed E-state index contributed by atoms with van der Waals surface area (Å²) in [6.45, 7) is 12.8. The molecule has 0 aliphatic heterocycles. The molecule has 0 bridgehead atoms. The van der Waals surface area contributed by atoms with E-state index in [0.717, 1.165) is 19.3 Å². The molecular weight excluding hydrogens is 176 g/mol. The van der Waals surface area contributed by atoms with Crippen molar-refractivity contribution >= 4 is 8.07 Å². The zero-order valence-electron chi connectivity index (χ0n) is 9.51. The van der Waals surface area contributed by atoms with Gasteiger partial charge in [0.1, 0.15) is 0 Å². The maximum Gasteiger partial charge on any atom is 0.0578 e. The molecule has 0 heterocycles. The van der Waals surface area contributed by atoms with Crippen LogP contribution >= 0.6 is 0 Å². The van der Waals surface area contributed by atoms with E-state index in [1.165, 1.54) is 0 Å². The van der Waals surface area contributed by atoms with Gasteiger partial charge in [-0.05, 0) is 12.0 Å². The van der Waals surface area contributed by atoms with Gasteiger partial charge in [-0.3, -0.25) is 0 Å². The molecule has 0 aromatic heterocycles. The van der Waals surface area contributed by atoms with Gasteiger partial charge < -0.3 is 5.11 Å². The maximum absolute atomic E-state index is 9.94. The molecule has 0 rings (SSSR count). The molecule has 13 heavy (non-hydrogen) atoms. The maximum atomic E-state index is 9.94. The van der Waals surface area contributed by atoms with Crippen LogP contribution in [-0.2, 0) is 0 Å². The van der Waals surface area contributed by atoms with E-state index in [1.54, 1.807) is 0 Å². The molecule has 0 saturated heterocycles. The van der Waals surface area contributed by atoms with Crippen LogP contribution in [0.2, 0.25) is 25.2 Å². The van der Waals surface area contributed by atoms with E-state index in [9.17, 15) is 5.11 Å². The molecule has 0 fully saturated rings. The molecule has 0 aliphatic rings. The Morgan fingerprint density at radius 1 is 1.38 bits per heavy atom. The Morgan fingerprint density at radius 2 is 1.92 bits per heavy atom. The summed E-state index contributed by atoms with van der Waals surface area (Å²) in [5.41, 5.74) is 0.346. The van der Waals surface area contributed by atoms with Gasteiger partial charge in [0.25, 0.3) is 0 Å². The highest BCUT2D eigenvalue weighted by Crippen LogP contribution is 2.28. The van der Waals surface area contributed by atoms with E-state index in [-0.39, 0.29) is 6.10 Å². The molecule has 0 aromatic carbocycles. The minimum atomic E-state index is -1.27. The van der Waals surface area contributed by atoms with Crippen LogP contribution in [0.5, 0.6) is 0 Å². The summed E-state index contributed by atoms with van der Waals surface area (Å²) in [5.74, 6) is 0. The van der Waals surface area contributed by atoms with Crippen LogP contribution in [0.4, 0.5) is 0 Å². The smallest absolute Gasteiger partial charge is 0.0578 e. The fraction of sp³-hybridized carbons (Fsp3) is 0.818. The van der Waals surface area contributed by atoms with Crippen molar-refractivity contribution in [3.05, 3.63) is 12.7 Å². The molecule has 1 nitrogen and oxygen atoms in total. The Kier molecular flexibility index (Phi) is 5.57. The van der Waals surface area contributed by atoms with Crippen LogP contribution < -0.4 is 0 Å². The molecule has 0 radical (unpaired) electrons. The molecule has 0 amide bonds. The molecule has 1 N–H and O–H groups in total. The molecule has 2 unspecified atom stereocenters. The van der Waals surface area contributed by atoms with Gasteiger partial charge in [-0.15, -0.1) is 6.58 Å². The van der Waals surface area contributed by atoms with Crippen LogP contribution in [0, 0.1) is 0 Å². The molecular formula is C11H24OSi. The van der Waals surface area contributed by atoms with E-state index >= 15 is 0 Å². The van der Waals surface area contributed by atoms with E-state index < -0.39 is 8.07 Å². The fourth-order valence-corrected chi connectivity index (χ4v) is 3.71. The Hall–Kier alpha value is -0.0831. The molecule has 78 valence electrons. The number of aliphatic hydroxyl groups excluding tert-OH is 1. The standard InChI is InChI=1S/C11H24OSi/c1-6-8-9-10(12)11(7-2)13(3,4)5/h7,10-12H,2,6,8-9H2,1,3-5H3. The van der Waals surface area contributed by atoms with Crippen LogP contribution in [0.15, 0.2) is 12.7 Å². The minimum Gasteiger partial charge on any atom is -0.393 e. The first-order chi connectivity index (χ1) is 5.93. The summed E-state index contributed by atoms with van der Waals surface area (Å²) in [7, 11) is -1.27. The molecule has 0 aromatic rings. The molecule has 0 spiro atoms. The lowest BCUT2D eigenvalue weighted by Crippen LogP contribution is -2.34. The predicted octanol–water partition coefficient (Wildman–Crippen LogP) is 3.43. The second-order valence-electron chi connectivity index (χ2n) is 4.84. The highest BCUT2D eigenvalue weighted by atomic mass is 28.3. The summed E-state index contributed by atoms with van der Waals surface area (Å²) >= 11 is 0. The third-order valence-corrected chi connectivity index (χ3v) is 5.14. The average Bonchev–Trinajstić information content (AvgIpc) is 1.99. The summed E-state index contributed by atoms with van der Waals surface area (Å²) in [6.07, 6.45) is 5.00. The molecule has 0 aliphatic carbocycles. The second kappa shape index (κ2) is 5.61. The van der Waals surface area contributed by atoms with E-state index in [2.05, 4.69) is 33.1 Å². The first-order valence-electron chi connectivity index (χ1n) is 5.24. The van der Waals surface area contributed by atoms with Crippen molar-refractivity contribution in [2.75, 3.05) is 0 Å². The Bertz CT molecular complexity index is 149. The lowest BCUT2D eigenvalue weighted by atomic mass is 10.1. The third kappa shape index (κ3) is 4.63. The average molecular weight is 200 g/mol. The Morgan fingerprint density at radius 3 is 2.23 bits per heavy atom. The van der Waals surface area contributed by atoms with Gasteiger partial charge in [-0.25, -0.2) is 0 Å². The van der Waals surface area contributed by atoms with Crippen molar-refractivity contribution < 1.29 is 5.11 Å². The largest absolute Gasteiger partial charge is 0.393 e. The van der Waals surface area contributed by atoms with Gasteiger partial charge in [0.05, 0.1) is 14.2 Å². The minimum absolute atomic E-state index is 0.163. The predicted molar refractivity (Wildman–Crippen MR) is 62.8 cm³/mol. The summed E-state index contributed by atoms with van der Waals surface area (Å²) in [4.78, 5) is 0. The molecule has 2 heteroatoms. The van der Waals surface area contributed by atoms with Gasteiger partial charge in [-0.2, -0.15) is 0 Å². The lowest BCUT2D eigenvalue weighted by Gasteiger charge is -2.30. The first kappa shape index (κ1) is 12.9. The number of rotatable bonds is 6. The van der Waals surface area contributed by atoms with Crippen LogP contribution in [0.1, 0.15) is 26.2 Å². The zero-order valence-corrected chi connectivity index (χ0v) is 10.5. The highest BCUT2D eigenvalue weighted by Gasteiger charge is 2.29. The van der Waals surface area contributed by atoms with Crippen LogP contribution in [-0.4, -0.2) is 19.3 Å². The van der Waals surface area contributed by atoms with Gasteiger partial charge in [0.15, 0.2) is 0 Å². The van der Waals surface area contributed by atoms with Gasteiger partial charge in [0.2, 0.25) is 0 Å². The van der Waals surface area contributed by atoms with Gasteiger partial charge in [0, 0.05) is 0 Å². The quantitative estimate of drug-likeness (QED) is 0.514. The highest BCUT2D eigenvalue weighted by molar-refractivity contribution is 6.78. The number of unbranched alkanes of at least 4 members (excludes halogenated alkanes) is 1. The van der Waals surface area contributed by atoms with Crippen molar-refractivity contribution in [1.82, 2.24) is 0 Å². The van der Waals surface area contributed by atoms with E-state index in [0.29, 0.717) is 5.54 Å². The molecule has 0 saturated carbocycles. The monoisotopic (exact) mass is 200 g/mol. The molecule has 2 atom stereocenters. The first-order valence-corrected chi connectivity index (χ1v) is 8.81. The topological polar surface area (TPSA) is 20.2 Å². The third-order valence-electron chi connectivity index (χ3n) is 2.52. The van der Waals surface area contributed by atoms with Crippen LogP contribution in [0.3, 0.4) is 0 Å². The zero-order chi connectivity index (χ0) is 10.5. The summed E-state index contributed by atoms with van der Waals surface area (Å²) in [5, 5.41) is 9.94. The van der Waals surface area contributed by atoms with Crippen molar-refractivity contribution in [2.24, 2.45) is 0 Å². The van der Waals surface area contributed by atoms with Crippen molar-refractivity contribution in [3.8, 4) is 0 Å². The van der Waals surface area contributed by atoms with Gasteiger partial charge >= 0.3 is 0 Å². The van der Waals surface area contributed by atoms with Crippen molar-refractivity contribution in [3.63, 3.8) is 0 Å². The van der Waals surface area contributed by atoms with Crippen LogP contribution in [0.25, 0.3) is 0 Å². The summed E-state index contributed by atoms with van der Waals surface area (Å²) < 4.78 is 0. The van der Waals surface area contributed by atoms with Crippen molar-refractivity contribution in [2.45, 2.75) is 57.5 Å². The number of hydrogen-bond donors (Lipinski definition) is 1. The summed E-state index contributed by atoms with van der Waals surface area (Å²) in [6, 6.07) is 0. The number of hydrogen-bond acceptors (Lipinski definition) is 1. The Labute approximate surface area is 83.9 Å². The Balaban J connectivity index is 4.15.